The Labute approximate surface area is 247 Å². The van der Waals surface area contributed by atoms with E-state index in [4.69, 9.17) is 0 Å². The van der Waals surface area contributed by atoms with Crippen LogP contribution in [0.3, 0.4) is 0 Å². The molecular formula is C35H33F6NO. The summed E-state index contributed by atoms with van der Waals surface area (Å²) in [5, 5.41) is 0. The third-order valence-corrected chi connectivity index (χ3v) is 8.32. The summed E-state index contributed by atoms with van der Waals surface area (Å²) in [7, 11) is 0. The molecule has 0 amide bonds. The maximum atomic E-state index is 14.8. The Balaban J connectivity index is 1.23. The number of benzene rings is 3. The molecule has 1 heterocycles. The van der Waals surface area contributed by atoms with E-state index in [-0.39, 0.29) is 12.1 Å². The second kappa shape index (κ2) is 13.2. The number of ether oxygens (including phenoxy) is 1. The fraction of sp³-hybridized carbons (Fsp3) is 0.343. The van der Waals surface area contributed by atoms with Gasteiger partial charge in [-0.05, 0) is 72.4 Å². The number of rotatable bonds is 10. The molecule has 0 N–H and O–H groups in total. The molecule has 1 aliphatic rings. The van der Waals surface area contributed by atoms with Gasteiger partial charge in [0.05, 0.1) is 11.3 Å². The molecule has 1 aliphatic carbocycles. The molecule has 2 nitrogen and oxygen atoms in total. The number of hydrogen-bond donors (Lipinski definition) is 0. The quantitative estimate of drug-likeness (QED) is 0.103. The summed E-state index contributed by atoms with van der Waals surface area (Å²) in [6.45, 7) is 2.24. The fourth-order valence-electron chi connectivity index (χ4n) is 5.84. The van der Waals surface area contributed by atoms with Crippen molar-refractivity contribution in [2.75, 3.05) is 0 Å². The lowest BCUT2D eigenvalue weighted by atomic mass is 9.77. The van der Waals surface area contributed by atoms with E-state index < -0.39 is 40.7 Å². The molecule has 0 atom stereocenters. The summed E-state index contributed by atoms with van der Waals surface area (Å²) in [4.78, 5) is 4.68. The highest BCUT2D eigenvalue weighted by atomic mass is 19.3. The van der Waals surface area contributed by atoms with Crippen molar-refractivity contribution in [3.05, 3.63) is 107 Å². The van der Waals surface area contributed by atoms with Crippen LogP contribution in [0.5, 0.6) is 5.75 Å². The molecule has 0 saturated heterocycles. The highest BCUT2D eigenvalue weighted by molar-refractivity contribution is 5.69. The van der Waals surface area contributed by atoms with Crippen LogP contribution in [0.1, 0.15) is 75.3 Å². The zero-order chi connectivity index (χ0) is 30.6. The largest absolute Gasteiger partial charge is 0.429 e. The van der Waals surface area contributed by atoms with Crippen molar-refractivity contribution in [2.24, 2.45) is 5.92 Å². The standard InChI is InChI=1S/C35H33F6NO/c1-2-3-4-5-22-6-8-24(9-7-22)27-15-17-33(42-21-27)25-12-10-23(11-13-25)26-14-16-29(30(36)18-26)35(40,41)43-28-19-31(37)34(39)32(38)20-28/h10-22,24H,2-9H2,1H3. The molecule has 4 aromatic rings. The summed E-state index contributed by atoms with van der Waals surface area (Å²) >= 11 is 0. The first-order valence-corrected chi connectivity index (χ1v) is 14.7. The Morgan fingerprint density at radius 2 is 1.40 bits per heavy atom. The van der Waals surface area contributed by atoms with Gasteiger partial charge in [0.25, 0.3) is 0 Å². The number of nitrogens with zero attached hydrogens (tertiary/aromatic N) is 1. The molecule has 0 unspecified atom stereocenters. The van der Waals surface area contributed by atoms with Gasteiger partial charge < -0.3 is 4.74 Å². The lowest BCUT2D eigenvalue weighted by Crippen LogP contribution is -2.23. The minimum atomic E-state index is -4.27. The Morgan fingerprint density at radius 3 is 2.00 bits per heavy atom. The molecule has 1 saturated carbocycles. The van der Waals surface area contributed by atoms with E-state index in [9.17, 15) is 26.3 Å². The minimum Gasteiger partial charge on any atom is -0.429 e. The molecule has 5 rings (SSSR count). The van der Waals surface area contributed by atoms with Crippen molar-refractivity contribution in [3.8, 4) is 28.1 Å². The molecule has 0 radical (unpaired) electrons. The minimum absolute atomic E-state index is 0.267. The summed E-state index contributed by atoms with van der Waals surface area (Å²) in [5.74, 6) is -6.09. The van der Waals surface area contributed by atoms with Gasteiger partial charge in [0, 0.05) is 23.9 Å². The van der Waals surface area contributed by atoms with E-state index in [2.05, 4.69) is 22.7 Å². The maximum Gasteiger partial charge on any atom is 0.429 e. The predicted molar refractivity (Wildman–Crippen MR) is 155 cm³/mol. The van der Waals surface area contributed by atoms with Crippen LogP contribution in [0.25, 0.3) is 22.4 Å². The first kappa shape index (κ1) is 30.6. The number of halogens is 6. The Hall–Kier alpha value is -3.81. The lowest BCUT2D eigenvalue weighted by Gasteiger charge is -2.28. The Morgan fingerprint density at radius 1 is 0.744 bits per heavy atom. The zero-order valence-corrected chi connectivity index (χ0v) is 23.9. The average molecular weight is 598 g/mol. The third kappa shape index (κ3) is 7.23. The van der Waals surface area contributed by atoms with Gasteiger partial charge in [-0.15, -0.1) is 0 Å². The van der Waals surface area contributed by atoms with E-state index in [0.717, 1.165) is 29.3 Å². The molecule has 0 spiro atoms. The monoisotopic (exact) mass is 597 g/mol. The van der Waals surface area contributed by atoms with Gasteiger partial charge in [-0.25, -0.2) is 17.6 Å². The smallest absolute Gasteiger partial charge is 0.429 e. The molecule has 1 aromatic heterocycles. The van der Waals surface area contributed by atoms with Crippen molar-refractivity contribution >= 4 is 0 Å². The van der Waals surface area contributed by atoms with Crippen LogP contribution in [0.2, 0.25) is 0 Å². The van der Waals surface area contributed by atoms with E-state index >= 15 is 0 Å². The van der Waals surface area contributed by atoms with Crippen molar-refractivity contribution in [1.82, 2.24) is 4.98 Å². The molecule has 3 aromatic carbocycles. The summed E-state index contributed by atoms with van der Waals surface area (Å²) in [5.41, 5.74) is 2.73. The number of hydrogen-bond acceptors (Lipinski definition) is 2. The lowest BCUT2D eigenvalue weighted by molar-refractivity contribution is -0.187. The van der Waals surface area contributed by atoms with Crippen LogP contribution in [0, 0.1) is 29.2 Å². The van der Waals surface area contributed by atoms with Gasteiger partial charge in [-0.2, -0.15) is 8.78 Å². The summed E-state index contributed by atoms with van der Waals surface area (Å²) in [6.07, 6.45) is 7.88. The summed E-state index contributed by atoms with van der Waals surface area (Å²) in [6, 6.07) is 14.9. The molecule has 226 valence electrons. The Bertz CT molecular complexity index is 1510. The van der Waals surface area contributed by atoms with Crippen LogP contribution in [0.15, 0.2) is 72.9 Å². The first-order chi connectivity index (χ1) is 20.6. The molecule has 0 aliphatic heterocycles. The molecule has 0 bridgehead atoms. The SMILES string of the molecule is CCCCCC1CCC(c2ccc(-c3ccc(-c4ccc(C(F)(F)Oc5cc(F)c(F)c(F)c5)c(F)c4)cc3)nc2)CC1. The second-order valence-electron chi connectivity index (χ2n) is 11.3. The van der Waals surface area contributed by atoms with E-state index in [1.807, 2.05) is 24.4 Å². The molecular weight excluding hydrogens is 564 g/mol. The third-order valence-electron chi connectivity index (χ3n) is 8.32. The van der Waals surface area contributed by atoms with Gasteiger partial charge in [-0.1, -0.05) is 69.0 Å². The van der Waals surface area contributed by atoms with Gasteiger partial charge in [0.15, 0.2) is 17.5 Å². The first-order valence-electron chi connectivity index (χ1n) is 14.7. The number of alkyl halides is 2. The van der Waals surface area contributed by atoms with E-state index in [1.54, 1.807) is 12.1 Å². The van der Waals surface area contributed by atoms with Gasteiger partial charge >= 0.3 is 6.11 Å². The normalized spacial score (nSPS) is 17.2. The number of unbranched alkanes of at least 4 members (excludes halogenated alkanes) is 2. The van der Waals surface area contributed by atoms with Crippen LogP contribution < -0.4 is 4.74 Å². The van der Waals surface area contributed by atoms with Crippen LogP contribution in [-0.2, 0) is 6.11 Å². The van der Waals surface area contributed by atoms with Crippen molar-refractivity contribution in [3.63, 3.8) is 0 Å². The molecule has 43 heavy (non-hydrogen) atoms. The highest BCUT2D eigenvalue weighted by Gasteiger charge is 2.38. The maximum absolute atomic E-state index is 14.8. The van der Waals surface area contributed by atoms with Gasteiger partial charge in [0.1, 0.15) is 11.6 Å². The van der Waals surface area contributed by atoms with Gasteiger partial charge in [-0.3, -0.25) is 4.98 Å². The van der Waals surface area contributed by atoms with Crippen LogP contribution in [-0.4, -0.2) is 4.98 Å². The second-order valence-corrected chi connectivity index (χ2v) is 11.3. The highest BCUT2D eigenvalue weighted by Crippen LogP contribution is 2.39. The molecule has 8 heteroatoms. The van der Waals surface area contributed by atoms with Gasteiger partial charge in [0.2, 0.25) is 0 Å². The Kier molecular flexibility index (Phi) is 9.43. The summed E-state index contributed by atoms with van der Waals surface area (Å²) < 4.78 is 88.4. The molecule has 1 fully saturated rings. The van der Waals surface area contributed by atoms with Crippen LogP contribution in [0.4, 0.5) is 26.3 Å². The van der Waals surface area contributed by atoms with Crippen molar-refractivity contribution < 1.29 is 31.1 Å². The van der Waals surface area contributed by atoms with Crippen molar-refractivity contribution in [1.29, 1.82) is 0 Å². The van der Waals surface area contributed by atoms with E-state index in [1.165, 1.54) is 63.0 Å². The number of pyridine rings is 1. The predicted octanol–water partition coefficient (Wildman–Crippen LogP) is 11.0. The topological polar surface area (TPSA) is 22.1 Å². The fourth-order valence-corrected chi connectivity index (χ4v) is 5.84. The van der Waals surface area contributed by atoms with E-state index in [0.29, 0.717) is 17.0 Å². The number of aromatic nitrogens is 1. The average Bonchev–Trinajstić information content (AvgIpc) is 3.00. The van der Waals surface area contributed by atoms with Crippen molar-refractivity contribution in [2.45, 2.75) is 70.3 Å². The zero-order valence-electron chi connectivity index (χ0n) is 23.9. The van der Waals surface area contributed by atoms with Crippen LogP contribution >= 0.6 is 0 Å².